The first-order valence-corrected chi connectivity index (χ1v) is 5.61. The molecule has 1 heterocycles. The molecule has 2 aromatic rings. The number of hydrogen-bond donors (Lipinski definition) is 0. The fourth-order valence-electron chi connectivity index (χ4n) is 1.37. The Labute approximate surface area is 102 Å². The highest BCUT2D eigenvalue weighted by Crippen LogP contribution is 2.22. The van der Waals surface area contributed by atoms with Crippen molar-refractivity contribution in [3.8, 4) is 11.6 Å². The number of aromatic nitrogens is 2. The second-order valence-electron chi connectivity index (χ2n) is 4.90. The number of benzene rings is 1. The summed E-state index contributed by atoms with van der Waals surface area (Å²) in [7, 11) is 0. The van der Waals surface area contributed by atoms with Gasteiger partial charge in [0.25, 0.3) is 0 Å². The van der Waals surface area contributed by atoms with Gasteiger partial charge < -0.3 is 4.74 Å². The Balaban J connectivity index is 2.14. The third-order valence-electron chi connectivity index (χ3n) is 2.36. The van der Waals surface area contributed by atoms with Gasteiger partial charge in [-0.2, -0.15) is 0 Å². The lowest BCUT2D eigenvalue weighted by Crippen LogP contribution is -2.13. The van der Waals surface area contributed by atoms with Gasteiger partial charge in [-0.25, -0.2) is 4.98 Å². The molecule has 3 nitrogen and oxygen atoms in total. The maximum Gasteiger partial charge on any atom is 0.237 e. The van der Waals surface area contributed by atoms with Gasteiger partial charge in [-0.05, 0) is 12.1 Å². The zero-order valence-electron chi connectivity index (χ0n) is 10.3. The fourth-order valence-corrected chi connectivity index (χ4v) is 1.37. The van der Waals surface area contributed by atoms with E-state index in [9.17, 15) is 0 Å². The van der Waals surface area contributed by atoms with E-state index in [0.717, 1.165) is 11.4 Å². The van der Waals surface area contributed by atoms with Crippen molar-refractivity contribution in [2.24, 2.45) is 0 Å². The first-order chi connectivity index (χ1) is 8.05. The first-order valence-electron chi connectivity index (χ1n) is 5.61. The molecule has 2 rings (SSSR count). The van der Waals surface area contributed by atoms with Crippen molar-refractivity contribution in [2.45, 2.75) is 26.2 Å². The van der Waals surface area contributed by atoms with Gasteiger partial charge in [0.2, 0.25) is 5.88 Å². The van der Waals surface area contributed by atoms with Crippen LogP contribution in [-0.2, 0) is 5.41 Å². The quantitative estimate of drug-likeness (QED) is 0.788. The lowest BCUT2D eigenvalue weighted by molar-refractivity contribution is 0.455. The van der Waals surface area contributed by atoms with Gasteiger partial charge in [-0.1, -0.05) is 39.0 Å². The molecule has 1 aromatic carbocycles. The van der Waals surface area contributed by atoms with Crippen LogP contribution in [0.4, 0.5) is 0 Å². The van der Waals surface area contributed by atoms with E-state index in [-0.39, 0.29) is 5.41 Å². The van der Waals surface area contributed by atoms with E-state index in [1.807, 2.05) is 30.3 Å². The Morgan fingerprint density at radius 3 is 2.18 bits per heavy atom. The van der Waals surface area contributed by atoms with Gasteiger partial charge in [-0.15, -0.1) is 0 Å². The lowest BCUT2D eigenvalue weighted by Gasteiger charge is -2.16. The highest BCUT2D eigenvalue weighted by atomic mass is 16.5. The minimum Gasteiger partial charge on any atom is -0.438 e. The van der Waals surface area contributed by atoms with Gasteiger partial charge in [-0.3, -0.25) is 4.98 Å². The molecule has 1 aromatic heterocycles. The van der Waals surface area contributed by atoms with Crippen LogP contribution in [0.1, 0.15) is 26.5 Å². The smallest absolute Gasteiger partial charge is 0.237 e. The summed E-state index contributed by atoms with van der Waals surface area (Å²) in [4.78, 5) is 8.61. The molecule has 0 aliphatic rings. The molecule has 88 valence electrons. The Morgan fingerprint density at radius 2 is 1.65 bits per heavy atom. The summed E-state index contributed by atoms with van der Waals surface area (Å²) in [6, 6.07) is 9.57. The standard InChI is InChI=1S/C14H16N2O/c1-14(2,3)12-9-16-13(10-15-12)17-11-7-5-4-6-8-11/h4-10H,1-3H3. The zero-order chi connectivity index (χ0) is 12.3. The van der Waals surface area contributed by atoms with E-state index in [2.05, 4.69) is 30.7 Å². The van der Waals surface area contributed by atoms with Gasteiger partial charge in [0, 0.05) is 5.41 Å². The second-order valence-corrected chi connectivity index (χ2v) is 4.90. The number of nitrogens with zero attached hydrogens (tertiary/aromatic N) is 2. The lowest BCUT2D eigenvalue weighted by atomic mass is 9.93. The Morgan fingerprint density at radius 1 is 0.941 bits per heavy atom. The zero-order valence-corrected chi connectivity index (χ0v) is 10.3. The number of para-hydroxylation sites is 1. The normalized spacial score (nSPS) is 11.2. The van der Waals surface area contributed by atoms with Gasteiger partial charge in [0.15, 0.2) is 0 Å². The second kappa shape index (κ2) is 4.53. The monoisotopic (exact) mass is 228 g/mol. The molecule has 0 saturated heterocycles. The maximum atomic E-state index is 5.57. The number of hydrogen-bond acceptors (Lipinski definition) is 3. The summed E-state index contributed by atoms with van der Waals surface area (Å²) in [5.74, 6) is 1.29. The molecule has 0 amide bonds. The topological polar surface area (TPSA) is 35.0 Å². The average molecular weight is 228 g/mol. The molecule has 0 aliphatic heterocycles. The third kappa shape index (κ3) is 3.03. The van der Waals surface area contributed by atoms with E-state index in [0.29, 0.717) is 5.88 Å². The summed E-state index contributed by atoms with van der Waals surface area (Å²) < 4.78 is 5.57. The van der Waals surface area contributed by atoms with E-state index in [4.69, 9.17) is 4.74 Å². The van der Waals surface area contributed by atoms with Gasteiger partial charge in [0.1, 0.15) is 5.75 Å². The molecule has 0 spiro atoms. The summed E-state index contributed by atoms with van der Waals surface area (Å²) in [5.41, 5.74) is 0.969. The minimum absolute atomic E-state index is 0.0122. The van der Waals surface area contributed by atoms with Crippen LogP contribution in [0.5, 0.6) is 11.6 Å². The molecule has 0 bridgehead atoms. The van der Waals surface area contributed by atoms with Crippen molar-refractivity contribution in [3.05, 3.63) is 48.4 Å². The molecule has 0 unspecified atom stereocenters. The van der Waals surface area contributed by atoms with Crippen molar-refractivity contribution in [1.29, 1.82) is 0 Å². The van der Waals surface area contributed by atoms with Crippen molar-refractivity contribution in [3.63, 3.8) is 0 Å². The molecule has 0 atom stereocenters. The Bertz CT molecular complexity index is 472. The maximum absolute atomic E-state index is 5.57. The molecule has 0 saturated carbocycles. The minimum atomic E-state index is 0.0122. The van der Waals surface area contributed by atoms with Crippen LogP contribution < -0.4 is 4.74 Å². The number of ether oxygens (including phenoxy) is 1. The molecule has 0 radical (unpaired) electrons. The third-order valence-corrected chi connectivity index (χ3v) is 2.36. The summed E-state index contributed by atoms with van der Waals surface area (Å²) in [6.45, 7) is 6.32. The van der Waals surface area contributed by atoms with E-state index >= 15 is 0 Å². The average Bonchev–Trinajstić information content (AvgIpc) is 2.30. The van der Waals surface area contributed by atoms with Crippen molar-refractivity contribution in [2.75, 3.05) is 0 Å². The van der Waals surface area contributed by atoms with Gasteiger partial charge in [0.05, 0.1) is 18.1 Å². The molecular weight excluding hydrogens is 212 g/mol. The van der Waals surface area contributed by atoms with Crippen molar-refractivity contribution >= 4 is 0 Å². The fraction of sp³-hybridized carbons (Fsp3) is 0.286. The SMILES string of the molecule is CC(C)(C)c1cnc(Oc2ccccc2)cn1. The number of rotatable bonds is 2. The highest BCUT2D eigenvalue weighted by Gasteiger charge is 2.15. The summed E-state index contributed by atoms with van der Waals surface area (Å²) in [6.07, 6.45) is 3.42. The van der Waals surface area contributed by atoms with E-state index < -0.39 is 0 Å². The van der Waals surface area contributed by atoms with Crippen molar-refractivity contribution in [1.82, 2.24) is 9.97 Å². The van der Waals surface area contributed by atoms with Gasteiger partial charge >= 0.3 is 0 Å². The van der Waals surface area contributed by atoms with E-state index in [1.165, 1.54) is 0 Å². The largest absolute Gasteiger partial charge is 0.438 e. The molecule has 0 aliphatic carbocycles. The van der Waals surface area contributed by atoms with Crippen LogP contribution in [0.2, 0.25) is 0 Å². The van der Waals surface area contributed by atoms with E-state index in [1.54, 1.807) is 12.4 Å². The molecule has 0 fully saturated rings. The molecular formula is C14H16N2O. The van der Waals surface area contributed by atoms with Crippen LogP contribution in [0.3, 0.4) is 0 Å². The first kappa shape index (κ1) is 11.6. The van der Waals surface area contributed by atoms with Crippen LogP contribution >= 0.6 is 0 Å². The molecule has 17 heavy (non-hydrogen) atoms. The molecule has 3 heteroatoms. The predicted molar refractivity (Wildman–Crippen MR) is 67.2 cm³/mol. The predicted octanol–water partition coefficient (Wildman–Crippen LogP) is 3.57. The highest BCUT2D eigenvalue weighted by molar-refractivity contribution is 5.25. The van der Waals surface area contributed by atoms with Crippen LogP contribution in [0.15, 0.2) is 42.7 Å². The van der Waals surface area contributed by atoms with Crippen LogP contribution in [0, 0.1) is 0 Å². The Kier molecular flexibility index (Phi) is 3.09. The van der Waals surface area contributed by atoms with Crippen molar-refractivity contribution < 1.29 is 4.74 Å². The summed E-state index contributed by atoms with van der Waals surface area (Å²) >= 11 is 0. The van der Waals surface area contributed by atoms with Crippen LogP contribution in [0.25, 0.3) is 0 Å². The Hall–Kier alpha value is -1.90. The molecule has 0 N–H and O–H groups in total. The summed E-state index contributed by atoms with van der Waals surface area (Å²) in [5, 5.41) is 0. The van der Waals surface area contributed by atoms with Crippen LogP contribution in [-0.4, -0.2) is 9.97 Å².